The third kappa shape index (κ3) is 5.61. The van der Waals surface area contributed by atoms with Crippen LogP contribution in [0.1, 0.15) is 37.1 Å². The molecule has 1 amide bonds. The number of carbonyl (C=O) groups excluding carboxylic acids is 1. The summed E-state index contributed by atoms with van der Waals surface area (Å²) in [5.41, 5.74) is 2.81. The van der Waals surface area contributed by atoms with Crippen LogP contribution in [0.4, 0.5) is 0 Å². The van der Waals surface area contributed by atoms with Crippen molar-refractivity contribution in [1.82, 2.24) is 35.1 Å². The first-order valence-electron chi connectivity index (χ1n) is 14.1. The summed E-state index contributed by atoms with van der Waals surface area (Å²) in [6.45, 7) is 1.34. The average Bonchev–Trinajstić information content (AvgIpc) is 3.51. The first-order chi connectivity index (χ1) is 20.7. The molecule has 1 saturated heterocycles. The van der Waals surface area contributed by atoms with Gasteiger partial charge in [-0.15, -0.1) is 0 Å². The molecule has 224 valence electrons. The number of nitrogens with one attached hydrogen (secondary N) is 3. The van der Waals surface area contributed by atoms with Gasteiger partial charge in [0.1, 0.15) is 16.9 Å². The first-order valence-corrected chi connectivity index (χ1v) is 14.5. The average molecular weight is 606 g/mol. The van der Waals surface area contributed by atoms with Crippen LogP contribution in [-0.4, -0.2) is 61.4 Å². The molecular weight excluding hydrogens is 574 g/mol. The molecule has 13 heteroatoms. The molecule has 0 unspecified atom stereocenters. The van der Waals surface area contributed by atoms with Crippen LogP contribution in [0.2, 0.25) is 5.02 Å². The fourth-order valence-electron chi connectivity index (χ4n) is 5.41. The van der Waals surface area contributed by atoms with Crippen LogP contribution in [0.3, 0.4) is 0 Å². The van der Waals surface area contributed by atoms with E-state index in [1.807, 2.05) is 30.3 Å². The lowest BCUT2D eigenvalue weighted by Crippen LogP contribution is -2.40. The van der Waals surface area contributed by atoms with Crippen molar-refractivity contribution in [3.8, 4) is 28.3 Å². The van der Waals surface area contributed by atoms with Crippen molar-refractivity contribution < 1.29 is 19.4 Å². The molecule has 0 spiro atoms. The number of rotatable bonds is 11. The maximum Gasteiger partial charge on any atom is 0.323 e. The number of amides is 1. The minimum absolute atomic E-state index is 0.0862. The van der Waals surface area contributed by atoms with Gasteiger partial charge in [-0.05, 0) is 31.4 Å². The van der Waals surface area contributed by atoms with Crippen molar-refractivity contribution in [2.45, 2.75) is 50.4 Å². The number of hydrogen-bond donors (Lipinski definition) is 4. The molecule has 43 heavy (non-hydrogen) atoms. The number of benzene rings is 1. The lowest BCUT2D eigenvalue weighted by atomic mass is 10.0. The van der Waals surface area contributed by atoms with E-state index in [4.69, 9.17) is 21.3 Å². The standard InChI is InChI=1S/C30H32ClN7O5/c1-37-24(15-33-30(10-11-30)29(41)42)36-38-16-18(12-23(38)28(37)40)20-4-3-5-21(26(20)31)22-8-6-17(27(35-22)43-2)13-32-14-19-7-9-25(39)34-19/h3-6,8,12,16,19,32-33H,7,9-11,13-15H2,1-2H3,(H,34,39)(H,41,42)/t19-/m0/s1. The zero-order valence-corrected chi connectivity index (χ0v) is 24.6. The number of fused-ring (bicyclic) bond motifs is 1. The van der Waals surface area contributed by atoms with Gasteiger partial charge in [-0.25, -0.2) is 9.50 Å². The minimum Gasteiger partial charge on any atom is -0.481 e. The second-order valence-corrected chi connectivity index (χ2v) is 11.4. The molecule has 4 aromatic rings. The Bertz CT molecular complexity index is 1800. The molecule has 2 aliphatic rings. The van der Waals surface area contributed by atoms with Crippen LogP contribution >= 0.6 is 11.6 Å². The summed E-state index contributed by atoms with van der Waals surface area (Å²) in [7, 11) is 3.19. The molecular formula is C30H32ClN7O5. The summed E-state index contributed by atoms with van der Waals surface area (Å²) in [6, 6.07) is 11.3. The number of carbonyl (C=O) groups is 2. The number of carboxylic acid groups (broad SMARTS) is 1. The Morgan fingerprint density at radius 1 is 1.21 bits per heavy atom. The normalized spacial score (nSPS) is 17.3. The monoisotopic (exact) mass is 605 g/mol. The highest BCUT2D eigenvalue weighted by atomic mass is 35.5. The van der Waals surface area contributed by atoms with Crippen LogP contribution in [-0.2, 0) is 29.7 Å². The minimum atomic E-state index is -0.942. The molecule has 2 fully saturated rings. The number of ether oxygens (including phenoxy) is 1. The number of halogens is 1. The topological polar surface area (TPSA) is 152 Å². The van der Waals surface area contributed by atoms with Crippen molar-refractivity contribution in [3.63, 3.8) is 0 Å². The first kappa shape index (κ1) is 28.8. The van der Waals surface area contributed by atoms with E-state index in [0.29, 0.717) is 77.0 Å². The van der Waals surface area contributed by atoms with Crippen LogP contribution < -0.4 is 26.2 Å². The molecule has 4 N–H and O–H groups in total. The predicted octanol–water partition coefficient (Wildman–Crippen LogP) is 2.50. The van der Waals surface area contributed by atoms with Gasteiger partial charge >= 0.3 is 5.97 Å². The molecule has 1 aliphatic carbocycles. The SMILES string of the molecule is COc1nc(-c2cccc(-c3cc4c(=O)n(C)c(CNC5(C(=O)O)CC5)nn4c3)c2Cl)ccc1CNC[C@@H]1CCC(=O)N1. The summed E-state index contributed by atoms with van der Waals surface area (Å²) in [6.07, 6.45) is 4.21. The maximum absolute atomic E-state index is 13.2. The van der Waals surface area contributed by atoms with E-state index in [2.05, 4.69) is 21.0 Å². The lowest BCUT2D eigenvalue weighted by Gasteiger charge is -2.14. The zero-order chi connectivity index (χ0) is 30.3. The molecule has 12 nitrogen and oxygen atoms in total. The number of aromatic nitrogens is 4. The summed E-state index contributed by atoms with van der Waals surface area (Å²) in [4.78, 5) is 40.9. The number of nitrogens with zero attached hydrogens (tertiary/aromatic N) is 4. The van der Waals surface area contributed by atoms with Crippen LogP contribution in [0.25, 0.3) is 27.9 Å². The van der Waals surface area contributed by atoms with Gasteiger partial charge in [-0.1, -0.05) is 35.9 Å². The smallest absolute Gasteiger partial charge is 0.323 e. The zero-order valence-electron chi connectivity index (χ0n) is 23.8. The van der Waals surface area contributed by atoms with Gasteiger partial charge in [0.05, 0.1) is 24.4 Å². The van der Waals surface area contributed by atoms with Gasteiger partial charge in [0, 0.05) is 61.1 Å². The van der Waals surface area contributed by atoms with E-state index >= 15 is 0 Å². The fourth-order valence-corrected chi connectivity index (χ4v) is 5.74. The largest absolute Gasteiger partial charge is 0.481 e. The molecule has 0 radical (unpaired) electrons. The highest BCUT2D eigenvalue weighted by molar-refractivity contribution is 6.36. The van der Waals surface area contributed by atoms with Crippen molar-refractivity contribution in [2.75, 3.05) is 13.7 Å². The Labute approximate surface area is 252 Å². The molecule has 1 aliphatic heterocycles. The van der Waals surface area contributed by atoms with Crippen molar-refractivity contribution in [2.24, 2.45) is 7.05 Å². The second kappa shape index (κ2) is 11.4. The van der Waals surface area contributed by atoms with E-state index in [9.17, 15) is 19.5 Å². The Balaban J connectivity index is 1.25. The highest BCUT2D eigenvalue weighted by Gasteiger charge is 2.50. The van der Waals surface area contributed by atoms with E-state index in [1.165, 1.54) is 9.08 Å². The molecule has 1 saturated carbocycles. The van der Waals surface area contributed by atoms with Crippen LogP contribution in [0.15, 0.2) is 47.4 Å². The number of carboxylic acids is 1. The van der Waals surface area contributed by atoms with E-state index < -0.39 is 11.5 Å². The summed E-state index contributed by atoms with van der Waals surface area (Å²) in [5, 5.41) is 23.9. The van der Waals surface area contributed by atoms with Gasteiger partial charge < -0.3 is 20.5 Å². The molecule has 0 bridgehead atoms. The van der Waals surface area contributed by atoms with Crippen molar-refractivity contribution >= 4 is 29.0 Å². The number of aliphatic carboxylic acids is 1. The Hall–Kier alpha value is -4.26. The van der Waals surface area contributed by atoms with Gasteiger partial charge in [-0.2, -0.15) is 5.10 Å². The Morgan fingerprint density at radius 2 is 2.00 bits per heavy atom. The second-order valence-electron chi connectivity index (χ2n) is 11.0. The third-order valence-corrected chi connectivity index (χ3v) is 8.60. The van der Waals surface area contributed by atoms with E-state index in [1.54, 1.807) is 26.4 Å². The molecule has 4 heterocycles. The van der Waals surface area contributed by atoms with Gasteiger partial charge in [0.2, 0.25) is 11.8 Å². The predicted molar refractivity (Wildman–Crippen MR) is 160 cm³/mol. The number of pyridine rings is 1. The quantitative estimate of drug-likeness (QED) is 0.202. The van der Waals surface area contributed by atoms with Gasteiger partial charge in [-0.3, -0.25) is 24.3 Å². The third-order valence-electron chi connectivity index (χ3n) is 8.19. The van der Waals surface area contributed by atoms with Crippen molar-refractivity contribution in [1.29, 1.82) is 0 Å². The molecule has 6 rings (SSSR count). The summed E-state index contributed by atoms with van der Waals surface area (Å²) < 4.78 is 8.53. The highest BCUT2D eigenvalue weighted by Crippen LogP contribution is 2.38. The lowest BCUT2D eigenvalue weighted by molar-refractivity contribution is -0.140. The summed E-state index contributed by atoms with van der Waals surface area (Å²) in [5.74, 6) is 0.0839. The van der Waals surface area contributed by atoms with Crippen molar-refractivity contribution in [3.05, 3.63) is 69.4 Å². The van der Waals surface area contributed by atoms with Crippen LogP contribution in [0.5, 0.6) is 5.88 Å². The number of hydrogen-bond acceptors (Lipinski definition) is 8. The van der Waals surface area contributed by atoms with E-state index in [-0.39, 0.29) is 24.1 Å². The number of methoxy groups -OCH3 is 1. The Morgan fingerprint density at radius 3 is 2.70 bits per heavy atom. The molecule has 1 atom stereocenters. The van der Waals surface area contributed by atoms with Crippen LogP contribution in [0, 0.1) is 0 Å². The van der Waals surface area contributed by atoms with Gasteiger partial charge in [0.25, 0.3) is 5.56 Å². The maximum atomic E-state index is 13.2. The summed E-state index contributed by atoms with van der Waals surface area (Å²) >= 11 is 6.94. The molecule has 3 aromatic heterocycles. The van der Waals surface area contributed by atoms with E-state index in [0.717, 1.165) is 12.0 Å². The molecule has 1 aromatic carbocycles. The Kier molecular flexibility index (Phi) is 7.67. The fraction of sp³-hybridized carbons (Fsp3) is 0.367. The van der Waals surface area contributed by atoms with Gasteiger partial charge in [0.15, 0.2) is 0 Å².